The van der Waals surface area contributed by atoms with Gasteiger partial charge in [-0.3, -0.25) is 0 Å². The Kier molecular flexibility index (Phi) is 2.11. The summed E-state index contributed by atoms with van der Waals surface area (Å²) in [6.45, 7) is 3.42. The van der Waals surface area contributed by atoms with E-state index in [1.165, 1.54) is 6.08 Å². The molecule has 0 aliphatic rings. The van der Waals surface area contributed by atoms with Crippen molar-refractivity contribution in [2.45, 2.75) is 0 Å². The summed E-state index contributed by atoms with van der Waals surface area (Å²) in [4.78, 5) is 3.98. The third kappa shape index (κ3) is 1.70. The van der Waals surface area contributed by atoms with Gasteiger partial charge >= 0.3 is 0 Å². The summed E-state index contributed by atoms with van der Waals surface area (Å²) in [7, 11) is 1.86. The second kappa shape index (κ2) is 3.05. The molecular formula is C8H10N2O. The molecule has 3 heteroatoms. The van der Waals surface area contributed by atoms with E-state index < -0.39 is 0 Å². The van der Waals surface area contributed by atoms with Crippen LogP contribution >= 0.6 is 0 Å². The monoisotopic (exact) mass is 150 g/mol. The standard InChI is InChI=1S/C8H10N2O/c1-3-7(11)6-8-9-4-5-10(8)2/h3-6,11H,1H2,2H3/b7-6+. The van der Waals surface area contributed by atoms with E-state index in [-0.39, 0.29) is 5.76 Å². The molecule has 1 heterocycles. The molecule has 0 atom stereocenters. The first-order valence-electron chi connectivity index (χ1n) is 3.24. The van der Waals surface area contributed by atoms with Crippen molar-refractivity contribution in [1.82, 2.24) is 9.55 Å². The van der Waals surface area contributed by atoms with Crippen molar-refractivity contribution < 1.29 is 5.11 Å². The van der Waals surface area contributed by atoms with Gasteiger partial charge in [0.05, 0.1) is 0 Å². The van der Waals surface area contributed by atoms with Gasteiger partial charge in [-0.05, 0) is 6.08 Å². The van der Waals surface area contributed by atoms with Crippen molar-refractivity contribution >= 4 is 6.08 Å². The van der Waals surface area contributed by atoms with Crippen molar-refractivity contribution in [2.24, 2.45) is 7.05 Å². The zero-order chi connectivity index (χ0) is 8.27. The highest BCUT2D eigenvalue weighted by Crippen LogP contribution is 2.01. The molecule has 3 nitrogen and oxygen atoms in total. The molecule has 1 aromatic rings. The number of imidazole rings is 1. The molecule has 0 aromatic carbocycles. The minimum atomic E-state index is 0.124. The summed E-state index contributed by atoms with van der Waals surface area (Å²) in [5.74, 6) is 0.835. The minimum absolute atomic E-state index is 0.124. The van der Waals surface area contributed by atoms with Crippen molar-refractivity contribution in [3.8, 4) is 0 Å². The zero-order valence-electron chi connectivity index (χ0n) is 6.36. The molecule has 1 rings (SSSR count). The molecule has 0 fully saturated rings. The molecule has 0 bridgehead atoms. The number of rotatable bonds is 2. The van der Waals surface area contributed by atoms with Crippen LogP contribution in [0.2, 0.25) is 0 Å². The van der Waals surface area contributed by atoms with Gasteiger partial charge in [0.15, 0.2) is 0 Å². The van der Waals surface area contributed by atoms with Gasteiger partial charge in [-0.2, -0.15) is 0 Å². The van der Waals surface area contributed by atoms with Crippen molar-refractivity contribution in [3.05, 3.63) is 36.6 Å². The van der Waals surface area contributed by atoms with Crippen LogP contribution in [0.5, 0.6) is 0 Å². The van der Waals surface area contributed by atoms with Gasteiger partial charge in [0.1, 0.15) is 11.6 Å². The van der Waals surface area contributed by atoms with E-state index in [1.54, 1.807) is 16.8 Å². The van der Waals surface area contributed by atoms with Gasteiger partial charge in [0.2, 0.25) is 0 Å². The van der Waals surface area contributed by atoms with E-state index in [9.17, 15) is 0 Å². The lowest BCUT2D eigenvalue weighted by Gasteiger charge is -1.93. The molecule has 0 saturated heterocycles. The van der Waals surface area contributed by atoms with Gasteiger partial charge in [-0.15, -0.1) is 0 Å². The maximum atomic E-state index is 9.04. The van der Waals surface area contributed by atoms with E-state index in [0.717, 1.165) is 0 Å². The number of aliphatic hydroxyl groups is 1. The molecule has 1 N–H and O–H groups in total. The fraction of sp³-hybridized carbons (Fsp3) is 0.125. The van der Waals surface area contributed by atoms with Gasteiger partial charge < -0.3 is 9.67 Å². The Balaban J connectivity index is 2.94. The number of allylic oxidation sites excluding steroid dienone is 1. The molecule has 0 aliphatic heterocycles. The Morgan fingerprint density at radius 2 is 2.55 bits per heavy atom. The predicted octanol–water partition coefficient (Wildman–Crippen LogP) is 1.50. The average molecular weight is 150 g/mol. The molecule has 58 valence electrons. The number of aliphatic hydroxyl groups excluding tert-OH is 1. The first-order valence-corrected chi connectivity index (χ1v) is 3.24. The third-order valence-electron chi connectivity index (χ3n) is 1.34. The molecule has 11 heavy (non-hydrogen) atoms. The molecule has 0 unspecified atom stereocenters. The van der Waals surface area contributed by atoms with E-state index in [0.29, 0.717) is 5.82 Å². The van der Waals surface area contributed by atoms with Gasteiger partial charge in [0, 0.05) is 25.5 Å². The average Bonchev–Trinajstić information content (AvgIpc) is 2.37. The Morgan fingerprint density at radius 1 is 1.82 bits per heavy atom. The molecular weight excluding hydrogens is 140 g/mol. The predicted molar refractivity (Wildman–Crippen MR) is 44.0 cm³/mol. The van der Waals surface area contributed by atoms with E-state index in [4.69, 9.17) is 5.11 Å². The van der Waals surface area contributed by atoms with Crippen molar-refractivity contribution in [2.75, 3.05) is 0 Å². The van der Waals surface area contributed by atoms with Crippen LogP contribution in [0.15, 0.2) is 30.8 Å². The van der Waals surface area contributed by atoms with Crippen LogP contribution < -0.4 is 0 Å². The van der Waals surface area contributed by atoms with Crippen LogP contribution in [0.4, 0.5) is 0 Å². The second-order valence-corrected chi connectivity index (χ2v) is 2.17. The highest BCUT2D eigenvalue weighted by molar-refractivity contribution is 5.46. The molecule has 0 aliphatic carbocycles. The van der Waals surface area contributed by atoms with Crippen LogP contribution in [0.1, 0.15) is 5.82 Å². The SMILES string of the molecule is C=C/C(O)=C\c1nccn1C. The first kappa shape index (κ1) is 7.60. The first-order chi connectivity index (χ1) is 5.24. The number of nitrogens with zero attached hydrogens (tertiary/aromatic N) is 2. The summed E-state index contributed by atoms with van der Waals surface area (Å²) in [5.41, 5.74) is 0. The van der Waals surface area contributed by atoms with Crippen LogP contribution in [0.3, 0.4) is 0 Å². The Labute approximate surface area is 65.3 Å². The summed E-state index contributed by atoms with van der Waals surface area (Å²) >= 11 is 0. The maximum absolute atomic E-state index is 9.04. The summed E-state index contributed by atoms with van der Waals surface area (Å²) in [6, 6.07) is 0. The molecule has 0 radical (unpaired) electrons. The zero-order valence-corrected chi connectivity index (χ0v) is 6.36. The van der Waals surface area contributed by atoms with E-state index in [1.807, 2.05) is 13.2 Å². The molecule has 0 saturated carbocycles. The minimum Gasteiger partial charge on any atom is -0.508 e. The highest BCUT2D eigenvalue weighted by atomic mass is 16.3. The lowest BCUT2D eigenvalue weighted by molar-refractivity contribution is 0.437. The van der Waals surface area contributed by atoms with E-state index >= 15 is 0 Å². The molecule has 0 amide bonds. The van der Waals surface area contributed by atoms with Crippen molar-refractivity contribution in [1.29, 1.82) is 0 Å². The third-order valence-corrected chi connectivity index (χ3v) is 1.34. The largest absolute Gasteiger partial charge is 0.508 e. The van der Waals surface area contributed by atoms with Crippen LogP contribution in [0.25, 0.3) is 6.08 Å². The topological polar surface area (TPSA) is 38.1 Å². The molecule has 1 aromatic heterocycles. The Bertz CT molecular complexity index is 286. The van der Waals surface area contributed by atoms with Crippen LogP contribution in [-0.2, 0) is 7.05 Å². The molecule has 0 spiro atoms. The lowest BCUT2D eigenvalue weighted by atomic mass is 10.4. The Hall–Kier alpha value is -1.51. The highest BCUT2D eigenvalue weighted by Gasteiger charge is 1.93. The summed E-state index contributed by atoms with van der Waals surface area (Å²) in [5, 5.41) is 9.04. The fourth-order valence-corrected chi connectivity index (χ4v) is 0.707. The summed E-state index contributed by atoms with van der Waals surface area (Å²) in [6.07, 6.45) is 6.39. The normalized spacial score (nSPS) is 11.5. The summed E-state index contributed by atoms with van der Waals surface area (Å²) < 4.78 is 1.81. The van der Waals surface area contributed by atoms with Crippen LogP contribution in [-0.4, -0.2) is 14.7 Å². The van der Waals surface area contributed by atoms with E-state index in [2.05, 4.69) is 11.6 Å². The number of hydrogen-bond donors (Lipinski definition) is 1. The smallest absolute Gasteiger partial charge is 0.135 e. The quantitative estimate of drug-likeness (QED) is 0.512. The van der Waals surface area contributed by atoms with Gasteiger partial charge in [0.25, 0.3) is 0 Å². The van der Waals surface area contributed by atoms with Gasteiger partial charge in [-0.25, -0.2) is 4.98 Å². The number of aryl methyl sites for hydroxylation is 1. The van der Waals surface area contributed by atoms with Crippen LogP contribution in [0, 0.1) is 0 Å². The Morgan fingerprint density at radius 3 is 3.00 bits per heavy atom. The van der Waals surface area contributed by atoms with Crippen molar-refractivity contribution in [3.63, 3.8) is 0 Å². The lowest BCUT2D eigenvalue weighted by Crippen LogP contribution is -1.90. The number of aromatic nitrogens is 2. The van der Waals surface area contributed by atoms with Gasteiger partial charge in [-0.1, -0.05) is 6.58 Å². The number of hydrogen-bond acceptors (Lipinski definition) is 2. The maximum Gasteiger partial charge on any atom is 0.135 e. The second-order valence-electron chi connectivity index (χ2n) is 2.17. The fourth-order valence-electron chi connectivity index (χ4n) is 0.707.